The Morgan fingerprint density at radius 2 is 1.73 bits per heavy atom. The van der Waals surface area contributed by atoms with Crippen molar-refractivity contribution >= 4 is 34.5 Å². The van der Waals surface area contributed by atoms with Gasteiger partial charge in [0.05, 0.1) is 33.5 Å². The highest BCUT2D eigenvalue weighted by Crippen LogP contribution is 2.68. The van der Waals surface area contributed by atoms with E-state index in [1.54, 1.807) is 14.0 Å². The highest BCUT2D eigenvalue weighted by Gasteiger charge is 2.80. The molecule has 2 aromatic carbocycles. The summed E-state index contributed by atoms with van der Waals surface area (Å²) in [4.78, 5) is 53.5. The first-order valence-corrected chi connectivity index (χ1v) is 22.3. The van der Waals surface area contributed by atoms with Crippen molar-refractivity contribution in [2.75, 3.05) is 72.6 Å². The molecule has 4 fully saturated rings. The number of aliphatic hydroxyl groups is 2. The minimum Gasteiger partial charge on any atom is -0.496 e. The Labute approximate surface area is 363 Å². The van der Waals surface area contributed by atoms with Crippen LogP contribution in [0.2, 0.25) is 0 Å². The van der Waals surface area contributed by atoms with Crippen molar-refractivity contribution in [2.24, 2.45) is 11.3 Å². The first-order valence-electron chi connectivity index (χ1n) is 22.3. The van der Waals surface area contributed by atoms with Crippen LogP contribution in [0.5, 0.6) is 5.75 Å². The number of anilines is 1. The van der Waals surface area contributed by atoms with Crippen LogP contribution < -0.4 is 9.64 Å². The van der Waals surface area contributed by atoms with Gasteiger partial charge in [0.25, 0.3) is 0 Å². The zero-order valence-corrected chi connectivity index (χ0v) is 37.3. The lowest BCUT2D eigenvalue weighted by Crippen LogP contribution is -2.81. The number of nitrogens with one attached hydrogen (secondary N) is 1. The molecule has 7 aliphatic rings. The number of likely N-dealkylation sites (N-methyl/N-ethyl adjacent to an activating group) is 1. The zero-order valence-electron chi connectivity index (χ0n) is 37.3. The Morgan fingerprint density at radius 3 is 2.40 bits per heavy atom. The number of carbonyl (C=O) groups excluding carboxylic acids is 3. The molecular weight excluding hydrogens is 793 g/mol. The summed E-state index contributed by atoms with van der Waals surface area (Å²) in [6.45, 7) is 11.3. The van der Waals surface area contributed by atoms with Crippen molar-refractivity contribution < 1.29 is 48.3 Å². The van der Waals surface area contributed by atoms with Crippen molar-refractivity contribution in [3.05, 3.63) is 70.9 Å². The van der Waals surface area contributed by atoms with Gasteiger partial charge in [-0.15, -0.1) is 0 Å². The van der Waals surface area contributed by atoms with E-state index in [9.17, 15) is 14.7 Å². The Hall–Kier alpha value is -4.47. The number of para-hydroxylation sites is 1. The Balaban J connectivity index is 0.00000159. The molecule has 7 heterocycles. The van der Waals surface area contributed by atoms with E-state index >= 15 is 4.79 Å². The molecule has 0 amide bonds. The maximum atomic E-state index is 15.4. The molecule has 3 N–H and O–H groups in total. The van der Waals surface area contributed by atoms with E-state index in [1.807, 2.05) is 37.1 Å². The zero-order chi connectivity index (χ0) is 44.1. The summed E-state index contributed by atoms with van der Waals surface area (Å²) in [7, 11) is 6.23. The van der Waals surface area contributed by atoms with Crippen LogP contribution in [-0.2, 0) is 50.6 Å². The van der Waals surface area contributed by atoms with Crippen LogP contribution in [0.15, 0.2) is 48.6 Å². The predicted octanol–water partition coefficient (Wildman–Crippen LogP) is 4.01. The molecular formula is C48H62N4O10. The van der Waals surface area contributed by atoms with E-state index in [0.717, 1.165) is 59.5 Å². The fraction of sp³-hybridized carbons (Fsp3) is 0.604. The van der Waals surface area contributed by atoms with Crippen molar-refractivity contribution in [3.8, 4) is 5.75 Å². The predicted molar refractivity (Wildman–Crippen MR) is 231 cm³/mol. The highest BCUT2D eigenvalue weighted by atomic mass is 16.6. The molecule has 1 spiro atoms. The molecule has 11 atom stereocenters. The summed E-state index contributed by atoms with van der Waals surface area (Å²) in [5.74, 6) is -1.37. The lowest BCUT2D eigenvalue weighted by atomic mass is 9.47. The van der Waals surface area contributed by atoms with Crippen molar-refractivity contribution in [1.29, 1.82) is 0 Å². The molecule has 6 aliphatic heterocycles. The van der Waals surface area contributed by atoms with Gasteiger partial charge in [0.1, 0.15) is 16.8 Å². The molecule has 0 radical (unpaired) electrons. The summed E-state index contributed by atoms with van der Waals surface area (Å²) >= 11 is 0. The van der Waals surface area contributed by atoms with E-state index in [0.29, 0.717) is 50.1 Å². The second kappa shape index (κ2) is 15.1. The van der Waals surface area contributed by atoms with Crippen molar-refractivity contribution in [1.82, 2.24) is 14.8 Å². The first kappa shape index (κ1) is 42.8. The van der Waals surface area contributed by atoms with Gasteiger partial charge < -0.3 is 43.8 Å². The molecule has 14 heteroatoms. The molecule has 1 unspecified atom stereocenters. The third-order valence-electron chi connectivity index (χ3n) is 16.0. The number of nitrogens with zero attached hydrogens (tertiary/aromatic N) is 3. The first-order chi connectivity index (χ1) is 29.8. The van der Waals surface area contributed by atoms with Crippen molar-refractivity contribution in [2.45, 2.75) is 106 Å². The number of H-pyrrole nitrogens is 1. The summed E-state index contributed by atoms with van der Waals surface area (Å²) in [6, 6.07) is 11.2. The summed E-state index contributed by atoms with van der Waals surface area (Å²) in [5, 5.41) is 22.0. The smallest absolute Gasteiger partial charge is 0.344 e. The number of hydrogen-bond donors (Lipinski definition) is 3. The average molecular weight is 855 g/mol. The number of rotatable bonds is 7. The van der Waals surface area contributed by atoms with Crippen LogP contribution in [0.4, 0.5) is 5.69 Å². The van der Waals surface area contributed by atoms with Gasteiger partial charge in [-0.1, -0.05) is 44.2 Å². The molecule has 1 aliphatic carbocycles. The van der Waals surface area contributed by atoms with Gasteiger partial charge in [0.15, 0.2) is 6.10 Å². The lowest BCUT2D eigenvalue weighted by Gasteiger charge is -2.63. The fourth-order valence-electron chi connectivity index (χ4n) is 13.9. The number of epoxide rings is 1. The molecule has 62 heavy (non-hydrogen) atoms. The Kier molecular flexibility index (Phi) is 10.4. The second-order valence-corrected chi connectivity index (χ2v) is 18.6. The van der Waals surface area contributed by atoms with E-state index < -0.39 is 51.9 Å². The van der Waals surface area contributed by atoms with E-state index in [4.69, 9.17) is 28.8 Å². The number of methoxy groups -OCH3 is 3. The molecule has 334 valence electrons. The SMILES string of the molecule is CCO.CC[C@]12CN3CCc4c([nH]c5ccccc45)[C@@](C(=O)OC)(c4cc5c(cc4OC)N(C)[C@H]4[C@@](O)(C(=O)OC)[C@H](OC(C)=O)[C@]6(CC)C=CCN7CC[C@]54[C@@H]76)C[C@H](C3)[C@H]1O2. The maximum absolute atomic E-state index is 15.4. The topological polar surface area (TPSA) is 167 Å². The number of fused-ring (bicyclic) bond motifs is 8. The lowest BCUT2D eigenvalue weighted by molar-refractivity contribution is -0.228. The number of aliphatic hydroxyl groups excluding tert-OH is 1. The minimum atomic E-state index is -2.29. The van der Waals surface area contributed by atoms with E-state index in [1.165, 1.54) is 21.1 Å². The third-order valence-corrected chi connectivity index (χ3v) is 16.0. The fourth-order valence-corrected chi connectivity index (χ4v) is 13.9. The molecule has 10 rings (SSSR count). The number of carbonyl (C=O) groups is 3. The third kappa shape index (κ3) is 5.48. The summed E-state index contributed by atoms with van der Waals surface area (Å²) < 4.78 is 30.7. The molecule has 14 nitrogen and oxygen atoms in total. The number of ether oxygens (including phenoxy) is 5. The molecule has 3 saturated heterocycles. The molecule has 1 aromatic heterocycles. The van der Waals surface area contributed by atoms with Gasteiger partial charge in [-0.3, -0.25) is 19.4 Å². The van der Waals surface area contributed by atoms with Crippen LogP contribution in [0, 0.1) is 11.3 Å². The van der Waals surface area contributed by atoms with Crippen LogP contribution in [0.1, 0.15) is 75.8 Å². The monoisotopic (exact) mass is 854 g/mol. The number of aromatic nitrogens is 1. The number of piperidine rings is 1. The molecule has 2 bridgehead atoms. The highest BCUT2D eigenvalue weighted by molar-refractivity contribution is 5.95. The number of esters is 3. The van der Waals surface area contributed by atoms with Crippen molar-refractivity contribution in [3.63, 3.8) is 0 Å². The van der Waals surface area contributed by atoms with Gasteiger partial charge in [-0.2, -0.15) is 0 Å². The number of hydrogen-bond acceptors (Lipinski definition) is 13. The summed E-state index contributed by atoms with van der Waals surface area (Å²) in [6.07, 6.45) is 5.94. The van der Waals surface area contributed by atoms with Gasteiger partial charge in [0.2, 0.25) is 5.60 Å². The average Bonchev–Trinajstić information content (AvgIpc) is 3.56. The number of benzene rings is 2. The van der Waals surface area contributed by atoms with E-state index in [2.05, 4.69) is 52.1 Å². The number of aromatic amines is 1. The quantitative estimate of drug-likeness (QED) is 0.135. The second-order valence-electron chi connectivity index (χ2n) is 18.6. The van der Waals surface area contributed by atoms with Gasteiger partial charge >= 0.3 is 17.9 Å². The minimum absolute atomic E-state index is 0.00603. The van der Waals surface area contributed by atoms with Crippen LogP contribution in [0.3, 0.4) is 0 Å². The Bertz CT molecular complexity index is 2330. The van der Waals surface area contributed by atoms with Crippen LogP contribution in [-0.4, -0.2) is 146 Å². The standard InChI is InChI=1S/C46H56N4O9.C2H6O/c1-8-42-16-12-18-50-20-17-44(37(42)50)30-21-31(34(55-5)22-33(30)48(4)38(44)46(54,41(53)57-7)39(42)58-26(3)51)45(40(52)56-6)23-27-24-49(25-43(9-2)36(27)59-43)19-15-29-28-13-10-11-14-32(28)47-35(29)45;1-2-3/h10-14,16,21-22,27,36-39,47,54H,8-9,15,17-20,23-25H2,1-7H3;3H,2H2,1H3/t27-,36-,37+,38-,39-,42-,43+,44-,45+,46+;/m1./s1. The largest absolute Gasteiger partial charge is 0.496 e. The maximum Gasteiger partial charge on any atom is 0.344 e. The van der Waals surface area contributed by atoms with Crippen LogP contribution in [0.25, 0.3) is 10.9 Å². The molecule has 1 saturated carbocycles. The van der Waals surface area contributed by atoms with Gasteiger partial charge in [-0.25, -0.2) is 4.79 Å². The normalized spacial score (nSPS) is 37.2. The Morgan fingerprint density at radius 1 is 0.984 bits per heavy atom. The summed E-state index contributed by atoms with van der Waals surface area (Å²) in [5.41, 5.74) is -0.627. The van der Waals surface area contributed by atoms with Gasteiger partial charge in [0, 0.05) is 103 Å². The van der Waals surface area contributed by atoms with Crippen LogP contribution >= 0.6 is 0 Å². The molecule has 3 aromatic rings. The van der Waals surface area contributed by atoms with Gasteiger partial charge in [-0.05, 0) is 68.8 Å². The van der Waals surface area contributed by atoms with E-state index in [-0.39, 0.29) is 30.3 Å².